The van der Waals surface area contributed by atoms with Crippen LogP contribution in [-0.2, 0) is 48.0 Å². The molecule has 6 bridgehead atoms. The highest BCUT2D eigenvalue weighted by molar-refractivity contribution is 7.10. The quantitative estimate of drug-likeness (QED) is 0.107. The van der Waals surface area contributed by atoms with E-state index in [2.05, 4.69) is 77.2 Å². The van der Waals surface area contributed by atoms with Crippen LogP contribution < -0.4 is 10.7 Å². The van der Waals surface area contributed by atoms with Crippen molar-refractivity contribution in [1.82, 2.24) is 45.0 Å². The molecule has 3 aliphatic rings. The summed E-state index contributed by atoms with van der Waals surface area (Å²) in [5.41, 5.74) is 9.16. The molecule has 16 nitrogen and oxygen atoms in total. The number of methoxy groups -OCH3 is 1. The van der Waals surface area contributed by atoms with E-state index in [1.54, 1.807) is 37.2 Å². The third-order valence-electron chi connectivity index (χ3n) is 13.5. The number of urea groups is 1. The summed E-state index contributed by atoms with van der Waals surface area (Å²) in [7, 11) is 8.81. The predicted molar refractivity (Wildman–Crippen MR) is 263 cm³/mol. The van der Waals surface area contributed by atoms with Crippen LogP contribution >= 0.6 is 11.3 Å². The number of hydrogen-bond donors (Lipinski definition) is 2. The van der Waals surface area contributed by atoms with E-state index in [1.807, 2.05) is 32.2 Å². The lowest BCUT2D eigenvalue weighted by Crippen LogP contribution is -2.68. The summed E-state index contributed by atoms with van der Waals surface area (Å²) in [6, 6.07) is 8.27. The number of nitrogens with zero attached hydrogens (tertiary/aromatic N) is 7. The molecule has 2 saturated heterocycles. The van der Waals surface area contributed by atoms with E-state index in [9.17, 15) is 24.0 Å². The monoisotopic (exact) mass is 964 g/mol. The zero-order valence-corrected chi connectivity index (χ0v) is 42.7. The van der Waals surface area contributed by atoms with Gasteiger partial charge in [-0.3, -0.25) is 29.2 Å². The number of benzene rings is 1. The van der Waals surface area contributed by atoms with Crippen molar-refractivity contribution in [3.05, 3.63) is 70.8 Å². The summed E-state index contributed by atoms with van der Waals surface area (Å²) in [6.07, 6.45) is 4.98. The molecule has 0 unspecified atom stereocenters. The molecule has 2 N–H and O–H groups in total. The Morgan fingerprint density at radius 3 is 2.60 bits per heavy atom. The number of esters is 1. The van der Waals surface area contributed by atoms with Crippen LogP contribution in [0.2, 0.25) is 0 Å². The Hall–Kier alpha value is -5.43. The molecule has 0 saturated carbocycles. The molecule has 5 amide bonds. The lowest BCUT2D eigenvalue weighted by Gasteiger charge is -2.41. The standard InChI is InChI=1S/C50H66N9O7SSi/c1-11-41(60)55(8)26-32-19-22-57(27-32)48(64)56(9)43(30(3)4)45(61)53-50(68)25-40-52-38(28-67-40)33-17-18-39-35(23-33)36(44(58(39)12-2)34-15-13-20-51-42(34)31(5)65-10)24-49(6,7)29-66-46(62)37-16-14-21-59(54-37)47(50)63/h11,13,15,17-18,20,23,28,30-32,37,43,54H,1,12,14,16,19,21-22,24-27,29H2,2-10H3,(H,53,61)/t31-,32-,37-,43-,50+/m0/s1. The average molecular weight is 965 g/mol. The van der Waals surface area contributed by atoms with Gasteiger partial charge in [0.05, 0.1) is 45.0 Å². The topological polar surface area (TPSA) is 172 Å². The normalized spacial score (nSPS) is 21.8. The number of amides is 5. The summed E-state index contributed by atoms with van der Waals surface area (Å²) in [4.78, 5) is 84.5. The van der Waals surface area contributed by atoms with Crippen LogP contribution in [0.5, 0.6) is 0 Å². The Morgan fingerprint density at radius 1 is 1.13 bits per heavy atom. The number of aromatic nitrogens is 3. The third-order valence-corrected chi connectivity index (χ3v) is 14.9. The fourth-order valence-corrected chi connectivity index (χ4v) is 11.4. The second-order valence-corrected chi connectivity index (χ2v) is 21.4. The van der Waals surface area contributed by atoms with Gasteiger partial charge in [-0.2, -0.15) is 0 Å². The van der Waals surface area contributed by atoms with E-state index in [0.717, 1.165) is 39.0 Å². The van der Waals surface area contributed by atoms with E-state index in [1.165, 1.54) is 27.3 Å². The SMILES string of the molecule is C=CC(=O)N(C)C[C@@H]1CCN(C(=O)N(C)[C@H](C(=O)N[C@@]2([Si])Cc3nc(cs3)-c3ccc4c(c3)c(c(-c3cccnc3[C@H](C)OC)n4CC)CC(C)(C)COC(=O)[C@@H]3CCCN(N3)C2=O)C(C)C)C1. The summed E-state index contributed by atoms with van der Waals surface area (Å²) < 4.78 is 14.3. The van der Waals surface area contributed by atoms with Crippen LogP contribution in [0.15, 0.2) is 54.6 Å². The van der Waals surface area contributed by atoms with E-state index >= 15 is 0 Å². The summed E-state index contributed by atoms with van der Waals surface area (Å²) in [5, 5.41) is 6.24. The van der Waals surface area contributed by atoms with Crippen molar-refractivity contribution >= 4 is 62.2 Å². The maximum Gasteiger partial charge on any atom is 0.324 e. The zero-order chi connectivity index (χ0) is 49.2. The Morgan fingerprint density at radius 2 is 1.90 bits per heavy atom. The van der Waals surface area contributed by atoms with Gasteiger partial charge in [-0.05, 0) is 87.3 Å². The fourth-order valence-electron chi connectivity index (χ4n) is 9.95. The predicted octanol–water partition coefficient (Wildman–Crippen LogP) is 5.74. The zero-order valence-electron chi connectivity index (χ0n) is 40.9. The number of aryl methyl sites for hydroxylation is 1. The van der Waals surface area contributed by atoms with Crippen LogP contribution in [0.25, 0.3) is 33.4 Å². The molecule has 6 heterocycles. The minimum Gasteiger partial charge on any atom is -0.464 e. The summed E-state index contributed by atoms with van der Waals surface area (Å²) in [5.74, 6) is -2.00. The molecular formula is C50H66N9O7SSi. The van der Waals surface area contributed by atoms with Crippen molar-refractivity contribution < 1.29 is 33.4 Å². The molecule has 1 aromatic carbocycles. The first-order chi connectivity index (χ1) is 32.3. The second-order valence-electron chi connectivity index (χ2n) is 19.7. The number of fused-ring (bicyclic) bond motifs is 6. The first-order valence-electron chi connectivity index (χ1n) is 23.6. The summed E-state index contributed by atoms with van der Waals surface area (Å²) in [6.45, 7) is 18.0. The number of carbonyl (C=O) groups is 5. The number of rotatable bonds is 11. The Bertz CT molecular complexity index is 2560. The molecule has 363 valence electrons. The number of ether oxygens (including phenoxy) is 2. The molecule has 4 aromatic rings. The Kier molecular flexibility index (Phi) is 15.3. The number of thiazole rings is 1. The van der Waals surface area contributed by atoms with Crippen molar-refractivity contribution in [3.8, 4) is 22.5 Å². The van der Waals surface area contributed by atoms with Crippen LogP contribution in [-0.4, -0.2) is 145 Å². The minimum absolute atomic E-state index is 0.0425. The first-order valence-corrected chi connectivity index (χ1v) is 25.0. The molecule has 0 aliphatic carbocycles. The van der Waals surface area contributed by atoms with Crippen molar-refractivity contribution in [1.29, 1.82) is 0 Å². The minimum atomic E-state index is -1.75. The van der Waals surface area contributed by atoms with E-state index in [4.69, 9.17) is 19.4 Å². The van der Waals surface area contributed by atoms with E-state index in [0.29, 0.717) is 62.6 Å². The molecule has 68 heavy (non-hydrogen) atoms. The number of likely N-dealkylation sites (N-methyl/N-ethyl adjacent to an activating group) is 2. The highest BCUT2D eigenvalue weighted by Crippen LogP contribution is 2.42. The molecule has 2 fully saturated rings. The molecule has 5 atom stereocenters. The lowest BCUT2D eigenvalue weighted by molar-refractivity contribution is -0.156. The van der Waals surface area contributed by atoms with Gasteiger partial charge in [0.1, 0.15) is 17.2 Å². The highest BCUT2D eigenvalue weighted by atomic mass is 32.1. The van der Waals surface area contributed by atoms with Crippen LogP contribution in [0, 0.1) is 17.3 Å². The Labute approximate surface area is 407 Å². The lowest BCUT2D eigenvalue weighted by atomic mass is 9.84. The van der Waals surface area contributed by atoms with Crippen molar-refractivity contribution in [2.24, 2.45) is 17.3 Å². The van der Waals surface area contributed by atoms with E-state index < -0.39 is 40.4 Å². The van der Waals surface area contributed by atoms with Gasteiger partial charge in [-0.25, -0.2) is 15.2 Å². The number of carbonyl (C=O) groups excluding carboxylic acids is 5. The van der Waals surface area contributed by atoms with Crippen molar-refractivity contribution in [3.63, 3.8) is 0 Å². The molecule has 18 heteroatoms. The molecule has 3 radical (unpaired) electrons. The van der Waals surface area contributed by atoms with Gasteiger partial charge in [0, 0.05) is 99.4 Å². The number of hydrogen-bond acceptors (Lipinski definition) is 11. The largest absolute Gasteiger partial charge is 0.464 e. The summed E-state index contributed by atoms with van der Waals surface area (Å²) >= 11 is 1.38. The maximum atomic E-state index is 14.9. The number of nitrogens with one attached hydrogen (secondary N) is 2. The first kappa shape index (κ1) is 50.4. The number of likely N-dealkylation sites (tertiary alicyclic amines) is 1. The number of hydrazine groups is 1. The van der Waals surface area contributed by atoms with Gasteiger partial charge < -0.3 is 34.1 Å². The number of cyclic esters (lactones) is 1. The van der Waals surface area contributed by atoms with Gasteiger partial charge >= 0.3 is 12.0 Å². The van der Waals surface area contributed by atoms with Gasteiger partial charge in [0.25, 0.3) is 5.91 Å². The molecule has 3 aromatic heterocycles. The Balaban J connectivity index is 1.26. The van der Waals surface area contributed by atoms with Gasteiger partial charge in [-0.1, -0.05) is 40.3 Å². The van der Waals surface area contributed by atoms with Crippen molar-refractivity contribution in [2.45, 2.75) is 104 Å². The molecule has 7 rings (SSSR count). The second kappa shape index (κ2) is 20.7. The average Bonchev–Trinajstić information content (AvgIpc) is 4.06. The molecular weight excluding hydrogens is 899 g/mol. The smallest absolute Gasteiger partial charge is 0.324 e. The van der Waals surface area contributed by atoms with E-state index in [-0.39, 0.29) is 49.5 Å². The van der Waals surface area contributed by atoms with Gasteiger partial charge in [0.2, 0.25) is 11.8 Å². The third kappa shape index (κ3) is 10.4. The van der Waals surface area contributed by atoms with Crippen LogP contribution in [0.4, 0.5) is 4.79 Å². The van der Waals surface area contributed by atoms with Gasteiger partial charge in [0.15, 0.2) is 0 Å². The van der Waals surface area contributed by atoms with Crippen LogP contribution in [0.3, 0.4) is 0 Å². The van der Waals surface area contributed by atoms with Crippen molar-refractivity contribution in [2.75, 3.05) is 54.0 Å². The van der Waals surface area contributed by atoms with Crippen LogP contribution in [0.1, 0.15) is 83.2 Å². The maximum absolute atomic E-state index is 14.9. The number of pyridine rings is 1. The fraction of sp³-hybridized carbons (Fsp3) is 0.540. The molecule has 0 spiro atoms. The van der Waals surface area contributed by atoms with Gasteiger partial charge in [-0.15, -0.1) is 11.3 Å². The molecule has 3 aliphatic heterocycles. The highest BCUT2D eigenvalue weighted by Gasteiger charge is 2.45.